The van der Waals surface area contributed by atoms with Gasteiger partial charge >= 0.3 is 12.0 Å². The minimum absolute atomic E-state index is 0.0735. The van der Waals surface area contributed by atoms with Crippen LogP contribution in [0.5, 0.6) is 0 Å². The van der Waals surface area contributed by atoms with Crippen molar-refractivity contribution in [2.45, 2.75) is 36.4 Å². The maximum atomic E-state index is 12.8. The Hall–Kier alpha value is -2.03. The second-order valence-electron chi connectivity index (χ2n) is 6.24. The molecule has 1 aliphatic rings. The number of oxime groups is 1. The summed E-state index contributed by atoms with van der Waals surface area (Å²) in [5.74, 6) is -3.25. The lowest BCUT2D eigenvalue weighted by atomic mass is 10.0. The van der Waals surface area contributed by atoms with Crippen molar-refractivity contribution in [3.05, 3.63) is 65.2 Å². The zero-order valence-electron chi connectivity index (χ0n) is 14.6. The molecule has 1 unspecified atom stereocenters. The Morgan fingerprint density at radius 3 is 2.48 bits per heavy atom. The average molecular weight is 396 g/mol. The van der Waals surface area contributed by atoms with Gasteiger partial charge in [0.25, 0.3) is 0 Å². The van der Waals surface area contributed by atoms with Crippen molar-refractivity contribution in [2.75, 3.05) is 6.26 Å². The first-order chi connectivity index (χ1) is 12.8. The fourth-order valence-corrected chi connectivity index (χ4v) is 3.09. The molecule has 0 fully saturated rings. The van der Waals surface area contributed by atoms with Crippen molar-refractivity contribution < 1.29 is 23.1 Å². The summed E-state index contributed by atoms with van der Waals surface area (Å²) in [6.45, 7) is 1.23. The van der Waals surface area contributed by atoms with Gasteiger partial charge in [0.2, 0.25) is 0 Å². The predicted octanol–water partition coefficient (Wildman–Crippen LogP) is 4.07. The van der Waals surface area contributed by atoms with E-state index >= 15 is 0 Å². The fourth-order valence-electron chi connectivity index (χ4n) is 2.68. The van der Waals surface area contributed by atoms with E-state index in [-0.39, 0.29) is 5.71 Å². The molecular weight excluding hydrogens is 377 g/mol. The summed E-state index contributed by atoms with van der Waals surface area (Å²) in [4.78, 5) is 5.47. The van der Waals surface area contributed by atoms with E-state index in [4.69, 9.17) is 0 Å². The number of nitrogens with zero attached hydrogens (tertiary/aromatic N) is 1. The summed E-state index contributed by atoms with van der Waals surface area (Å²) >= 11 is 1.68. The third-order valence-corrected chi connectivity index (χ3v) is 4.98. The third kappa shape index (κ3) is 4.63. The molecule has 2 aromatic rings. The van der Waals surface area contributed by atoms with Crippen LogP contribution in [-0.2, 0) is 17.9 Å². The number of thioether (sulfide) groups is 1. The molecule has 1 heterocycles. The lowest BCUT2D eigenvalue weighted by molar-refractivity contribution is -0.355. The Kier molecular flexibility index (Phi) is 5.78. The molecule has 3 rings (SSSR count). The molecule has 2 aromatic carbocycles. The van der Waals surface area contributed by atoms with Crippen molar-refractivity contribution in [3.8, 4) is 0 Å². The van der Waals surface area contributed by atoms with E-state index in [9.17, 15) is 18.3 Å². The van der Waals surface area contributed by atoms with E-state index < -0.39 is 18.4 Å². The Balaban J connectivity index is 1.59. The largest absolute Gasteiger partial charge is 0.458 e. The summed E-state index contributed by atoms with van der Waals surface area (Å²) in [7, 11) is 0. The van der Waals surface area contributed by atoms with Crippen molar-refractivity contribution in [2.24, 2.45) is 5.16 Å². The van der Waals surface area contributed by atoms with Gasteiger partial charge in [0.15, 0.2) is 0 Å². The topological polar surface area (TPSA) is 53.9 Å². The number of alkyl halides is 3. The van der Waals surface area contributed by atoms with Crippen LogP contribution >= 0.6 is 11.8 Å². The van der Waals surface area contributed by atoms with E-state index in [1.165, 1.54) is 4.90 Å². The molecular formula is C19H19F3N2O2S. The normalized spacial score (nSPS) is 19.7. The van der Waals surface area contributed by atoms with Crippen molar-refractivity contribution in [3.63, 3.8) is 0 Å². The van der Waals surface area contributed by atoms with Gasteiger partial charge in [-0.3, -0.25) is 0 Å². The lowest BCUT2D eigenvalue weighted by Gasteiger charge is -2.22. The number of benzene rings is 2. The van der Waals surface area contributed by atoms with Crippen LogP contribution in [0.4, 0.5) is 13.2 Å². The van der Waals surface area contributed by atoms with Gasteiger partial charge in [-0.1, -0.05) is 35.5 Å². The van der Waals surface area contributed by atoms with Crippen LogP contribution in [0, 0.1) is 0 Å². The quantitative estimate of drug-likeness (QED) is 0.723. The molecule has 0 spiro atoms. The lowest BCUT2D eigenvalue weighted by Crippen LogP contribution is -2.45. The van der Waals surface area contributed by atoms with Crippen LogP contribution in [0.25, 0.3) is 0 Å². The van der Waals surface area contributed by atoms with Crippen molar-refractivity contribution in [1.82, 2.24) is 5.32 Å². The summed E-state index contributed by atoms with van der Waals surface area (Å²) in [5, 5.41) is 16.3. The first kappa shape index (κ1) is 19.7. The van der Waals surface area contributed by atoms with Crippen LogP contribution in [0.15, 0.2) is 58.6 Å². The van der Waals surface area contributed by atoms with Gasteiger partial charge in [0.1, 0.15) is 0 Å². The maximum Gasteiger partial charge on any atom is 0.458 e. The first-order valence-electron chi connectivity index (χ1n) is 8.28. The maximum absolute atomic E-state index is 12.8. The Labute approximate surface area is 159 Å². The minimum atomic E-state index is -4.90. The third-order valence-electron chi connectivity index (χ3n) is 4.23. The zero-order chi connectivity index (χ0) is 19.5. The van der Waals surface area contributed by atoms with Gasteiger partial charge in [0.05, 0.1) is 12.1 Å². The van der Waals surface area contributed by atoms with Crippen LogP contribution in [0.2, 0.25) is 0 Å². The number of aliphatic hydroxyl groups is 1. The smallest absolute Gasteiger partial charge is 0.350 e. The summed E-state index contributed by atoms with van der Waals surface area (Å²) < 4.78 is 38.5. The highest BCUT2D eigenvalue weighted by Crippen LogP contribution is 2.38. The second-order valence-corrected chi connectivity index (χ2v) is 7.12. The fraction of sp³-hybridized carbons (Fsp3) is 0.316. The van der Waals surface area contributed by atoms with E-state index in [0.29, 0.717) is 18.7 Å². The molecule has 0 aromatic heterocycles. The van der Waals surface area contributed by atoms with E-state index in [1.54, 1.807) is 30.0 Å². The highest BCUT2D eigenvalue weighted by atomic mass is 32.2. The Morgan fingerprint density at radius 1 is 1.15 bits per heavy atom. The Bertz CT molecular complexity index is 824. The van der Waals surface area contributed by atoms with Gasteiger partial charge in [0, 0.05) is 18.0 Å². The molecule has 0 radical (unpaired) electrons. The molecule has 2 N–H and O–H groups in total. The molecule has 1 aliphatic heterocycles. The number of hydrogen-bond acceptors (Lipinski definition) is 5. The molecule has 27 heavy (non-hydrogen) atoms. The first-order valence-corrected chi connectivity index (χ1v) is 9.50. The number of nitrogens with one attached hydrogen (secondary N) is 1. The van der Waals surface area contributed by atoms with Crippen molar-refractivity contribution >= 4 is 17.5 Å². The van der Waals surface area contributed by atoms with Crippen LogP contribution < -0.4 is 5.32 Å². The molecule has 0 amide bonds. The predicted molar refractivity (Wildman–Crippen MR) is 98.5 cm³/mol. The molecule has 0 saturated heterocycles. The molecule has 144 valence electrons. The van der Waals surface area contributed by atoms with E-state index in [0.717, 1.165) is 11.1 Å². The summed E-state index contributed by atoms with van der Waals surface area (Å²) in [5.41, 5.74) is 2.62. The number of halogens is 3. The molecule has 4 nitrogen and oxygen atoms in total. The monoisotopic (exact) mass is 396 g/mol. The van der Waals surface area contributed by atoms with Crippen LogP contribution in [0.3, 0.4) is 0 Å². The Morgan fingerprint density at radius 2 is 1.85 bits per heavy atom. The number of hydrogen-bond donors (Lipinski definition) is 2. The van der Waals surface area contributed by atoms with Gasteiger partial charge in [-0.05, 0) is 41.1 Å². The molecule has 0 saturated carbocycles. The zero-order valence-corrected chi connectivity index (χ0v) is 15.4. The van der Waals surface area contributed by atoms with Gasteiger partial charge in [-0.2, -0.15) is 13.2 Å². The second kappa shape index (κ2) is 7.92. The molecule has 8 heteroatoms. The van der Waals surface area contributed by atoms with E-state index in [2.05, 4.69) is 39.6 Å². The SMILES string of the molecule is CSc1ccc(CNCc2cccc(C3=NOC(O)(C(F)(F)F)C3)c2)cc1. The highest BCUT2D eigenvalue weighted by Gasteiger charge is 2.60. The molecule has 0 aliphatic carbocycles. The van der Waals surface area contributed by atoms with Gasteiger partial charge < -0.3 is 15.3 Å². The molecule has 0 bridgehead atoms. The number of rotatable bonds is 6. The standard InChI is InChI=1S/C19H19F3N2O2S/c1-27-16-7-5-13(6-8-16)11-23-12-14-3-2-4-15(9-14)17-10-18(25,26-24-17)19(20,21)22/h2-9,23,25H,10-12H2,1H3. The van der Waals surface area contributed by atoms with E-state index in [1.807, 2.05) is 12.3 Å². The van der Waals surface area contributed by atoms with Crippen molar-refractivity contribution in [1.29, 1.82) is 0 Å². The summed E-state index contributed by atoms with van der Waals surface area (Å²) in [6, 6.07) is 15.2. The highest BCUT2D eigenvalue weighted by molar-refractivity contribution is 7.98. The molecule has 1 atom stereocenters. The average Bonchev–Trinajstić information content (AvgIpc) is 3.06. The minimum Gasteiger partial charge on any atom is -0.350 e. The summed E-state index contributed by atoms with van der Waals surface area (Å²) in [6.07, 6.45) is -3.60. The van der Waals surface area contributed by atoms with Gasteiger partial charge in [-0.15, -0.1) is 11.8 Å². The van der Waals surface area contributed by atoms with Crippen LogP contribution in [0.1, 0.15) is 23.1 Å². The van der Waals surface area contributed by atoms with Crippen LogP contribution in [-0.4, -0.2) is 29.0 Å². The van der Waals surface area contributed by atoms with Gasteiger partial charge in [-0.25, -0.2) is 0 Å².